The minimum atomic E-state index is -0.819. The summed E-state index contributed by atoms with van der Waals surface area (Å²) in [6.07, 6.45) is 10.5. The highest BCUT2D eigenvalue weighted by Crippen LogP contribution is 2.65. The third-order valence-electron chi connectivity index (χ3n) is 9.49. The van der Waals surface area contributed by atoms with Crippen LogP contribution in [-0.2, 0) is 24.1 Å². The molecule has 1 aliphatic heterocycles. The molecular weight excluding hydrogens is 424 g/mol. The molecule has 180 valence electrons. The predicted octanol–water partition coefficient (Wildman–Crippen LogP) is 3.29. The van der Waals surface area contributed by atoms with Crippen LogP contribution in [0.1, 0.15) is 78.1 Å². The Hall–Kier alpha value is -2.22. The Morgan fingerprint density at radius 1 is 1.06 bits per heavy atom. The second-order valence-electron chi connectivity index (χ2n) is 11.0. The van der Waals surface area contributed by atoms with Gasteiger partial charge in [0.05, 0.1) is 11.8 Å². The highest BCUT2D eigenvalue weighted by atomic mass is 16.7. The van der Waals surface area contributed by atoms with Crippen LogP contribution >= 0.6 is 0 Å². The first-order valence-electron chi connectivity index (χ1n) is 12.4. The van der Waals surface area contributed by atoms with Crippen LogP contribution in [0.2, 0.25) is 0 Å². The molecule has 8 nitrogen and oxygen atoms in total. The van der Waals surface area contributed by atoms with Crippen molar-refractivity contribution < 1.29 is 29.2 Å². The van der Waals surface area contributed by atoms with Crippen LogP contribution in [0.5, 0.6) is 0 Å². The summed E-state index contributed by atoms with van der Waals surface area (Å²) in [6.45, 7) is 4.26. The number of carbonyl (C=O) groups is 3. The van der Waals surface area contributed by atoms with Crippen molar-refractivity contribution in [1.82, 2.24) is 5.06 Å². The molecule has 0 spiro atoms. The first-order chi connectivity index (χ1) is 15.7. The van der Waals surface area contributed by atoms with E-state index in [0.29, 0.717) is 22.8 Å². The maximum Gasteiger partial charge on any atom is 0.373 e. The Labute approximate surface area is 194 Å². The fourth-order valence-corrected chi connectivity index (χ4v) is 7.57. The second-order valence-corrected chi connectivity index (χ2v) is 11.0. The molecule has 0 aromatic carbocycles. The molecule has 4 unspecified atom stereocenters. The van der Waals surface area contributed by atoms with Crippen LogP contribution in [0.15, 0.2) is 16.8 Å². The summed E-state index contributed by atoms with van der Waals surface area (Å²) in [4.78, 5) is 45.0. The van der Waals surface area contributed by atoms with Crippen LogP contribution in [-0.4, -0.2) is 46.4 Å². The molecule has 0 aromatic rings. The molecule has 6 atom stereocenters. The van der Waals surface area contributed by atoms with E-state index in [1.54, 1.807) is 0 Å². The Bertz CT molecular complexity index is 912. The molecule has 4 fully saturated rings. The minimum absolute atomic E-state index is 0.0596. The average molecular weight is 459 g/mol. The summed E-state index contributed by atoms with van der Waals surface area (Å²) < 4.78 is 0. The summed E-state index contributed by atoms with van der Waals surface area (Å²) in [5, 5.41) is 15.3. The molecule has 0 radical (unpaired) electrons. The van der Waals surface area contributed by atoms with Crippen molar-refractivity contribution in [2.45, 2.75) is 84.2 Å². The van der Waals surface area contributed by atoms with Gasteiger partial charge >= 0.3 is 5.97 Å². The first kappa shape index (κ1) is 22.6. The van der Waals surface area contributed by atoms with Gasteiger partial charge in [0, 0.05) is 12.8 Å². The molecule has 0 bridgehead atoms. The van der Waals surface area contributed by atoms with Crippen LogP contribution in [0, 0.1) is 28.6 Å². The van der Waals surface area contributed by atoms with Crippen molar-refractivity contribution in [3.05, 3.63) is 11.6 Å². The van der Waals surface area contributed by atoms with Gasteiger partial charge in [0.2, 0.25) is 6.61 Å². The van der Waals surface area contributed by atoms with Gasteiger partial charge in [-0.25, -0.2) is 4.79 Å². The number of aliphatic hydroxyl groups is 1. The Morgan fingerprint density at radius 2 is 1.82 bits per heavy atom. The van der Waals surface area contributed by atoms with Crippen molar-refractivity contribution in [3.63, 3.8) is 0 Å². The van der Waals surface area contributed by atoms with Crippen LogP contribution < -0.4 is 0 Å². The Balaban J connectivity index is 1.22. The van der Waals surface area contributed by atoms with Gasteiger partial charge in [0.25, 0.3) is 11.8 Å². The highest BCUT2D eigenvalue weighted by molar-refractivity contribution is 6.01. The second kappa shape index (κ2) is 8.22. The van der Waals surface area contributed by atoms with E-state index in [1.807, 2.05) is 0 Å². The summed E-state index contributed by atoms with van der Waals surface area (Å²) in [7, 11) is 0. The lowest BCUT2D eigenvalue weighted by atomic mass is 9.47. The molecule has 1 N–H and O–H groups in total. The molecule has 2 amide bonds. The number of hydrogen-bond donors (Lipinski definition) is 1. The molecule has 33 heavy (non-hydrogen) atoms. The van der Waals surface area contributed by atoms with Crippen LogP contribution in [0.4, 0.5) is 0 Å². The third-order valence-corrected chi connectivity index (χ3v) is 9.49. The van der Waals surface area contributed by atoms with E-state index >= 15 is 0 Å². The number of allylic oxidation sites excluding steroid dienone is 2. The SMILES string of the molecule is C[C@]12CCC3C(CCC4=CC(=NOCC(=O)ON5C(=O)CCC5=O)CC[C@@]43C)C1CCC2O. The zero-order valence-corrected chi connectivity index (χ0v) is 19.5. The molecule has 1 heterocycles. The number of hydrogen-bond acceptors (Lipinski definition) is 7. The van der Waals surface area contributed by atoms with Gasteiger partial charge in [0.15, 0.2) is 0 Å². The minimum Gasteiger partial charge on any atom is -0.393 e. The van der Waals surface area contributed by atoms with Gasteiger partial charge in [-0.1, -0.05) is 24.6 Å². The molecular formula is C25H34N2O6. The Morgan fingerprint density at radius 3 is 2.58 bits per heavy atom. The smallest absolute Gasteiger partial charge is 0.373 e. The zero-order chi connectivity index (χ0) is 23.4. The predicted molar refractivity (Wildman–Crippen MR) is 118 cm³/mol. The standard InChI is InChI=1S/C25H34N2O6/c1-24-11-9-16(26-32-14-23(31)33-27-21(29)7-8-22(27)30)13-15(24)3-4-17-18-5-6-20(28)25(18,2)12-10-19(17)24/h13,17-20,28H,3-12,14H2,1-2H3/t17?,18?,19?,20?,24-,25-/m0/s1. The van der Waals surface area contributed by atoms with E-state index in [4.69, 9.17) is 9.68 Å². The van der Waals surface area contributed by atoms with Crippen LogP contribution in [0.25, 0.3) is 0 Å². The largest absolute Gasteiger partial charge is 0.393 e. The van der Waals surface area contributed by atoms with Crippen molar-refractivity contribution >= 4 is 23.5 Å². The zero-order valence-electron chi connectivity index (χ0n) is 19.5. The molecule has 1 saturated heterocycles. The van der Waals surface area contributed by atoms with Gasteiger partial charge in [-0.2, -0.15) is 0 Å². The number of nitrogens with zero attached hydrogens (tertiary/aromatic N) is 2. The molecule has 4 aliphatic carbocycles. The lowest BCUT2D eigenvalue weighted by Crippen LogP contribution is -2.51. The van der Waals surface area contributed by atoms with E-state index in [2.05, 4.69) is 25.1 Å². The van der Waals surface area contributed by atoms with Crippen molar-refractivity contribution in [3.8, 4) is 0 Å². The Kier molecular flexibility index (Phi) is 5.62. The van der Waals surface area contributed by atoms with Gasteiger partial charge in [-0.15, -0.1) is 5.06 Å². The average Bonchev–Trinajstić information content (AvgIpc) is 3.26. The number of rotatable bonds is 4. The fraction of sp³-hybridized carbons (Fsp3) is 0.760. The number of amides is 2. The fourth-order valence-electron chi connectivity index (χ4n) is 7.57. The molecule has 8 heteroatoms. The number of oxime groups is 1. The monoisotopic (exact) mass is 458 g/mol. The third kappa shape index (κ3) is 3.70. The number of aliphatic hydroxyl groups excluding tert-OH is 1. The maximum atomic E-state index is 11.9. The normalized spacial score (nSPS) is 41.4. The van der Waals surface area contributed by atoms with E-state index in [1.165, 1.54) is 12.0 Å². The van der Waals surface area contributed by atoms with Crippen molar-refractivity contribution in [1.29, 1.82) is 0 Å². The van der Waals surface area contributed by atoms with E-state index in [0.717, 1.165) is 50.7 Å². The van der Waals surface area contributed by atoms with Gasteiger partial charge in [-0.3, -0.25) is 9.59 Å². The first-order valence-corrected chi connectivity index (χ1v) is 12.4. The molecule has 5 aliphatic rings. The quantitative estimate of drug-likeness (QED) is 0.512. The van der Waals surface area contributed by atoms with Gasteiger partial charge in [0.1, 0.15) is 0 Å². The number of fused-ring (bicyclic) bond motifs is 5. The summed E-state index contributed by atoms with van der Waals surface area (Å²) >= 11 is 0. The lowest BCUT2D eigenvalue weighted by Gasteiger charge is -2.57. The molecule has 3 saturated carbocycles. The summed E-state index contributed by atoms with van der Waals surface area (Å²) in [5.41, 5.74) is 2.49. The van der Waals surface area contributed by atoms with E-state index in [9.17, 15) is 19.5 Å². The number of hydroxylamine groups is 2. The van der Waals surface area contributed by atoms with Gasteiger partial charge < -0.3 is 14.8 Å². The highest BCUT2D eigenvalue weighted by Gasteiger charge is 2.58. The molecule has 0 aromatic heterocycles. The number of carbonyl (C=O) groups excluding carboxylic acids is 3. The van der Waals surface area contributed by atoms with Crippen LogP contribution in [0.3, 0.4) is 0 Å². The lowest BCUT2D eigenvalue weighted by molar-refractivity contribution is -0.200. The van der Waals surface area contributed by atoms with E-state index < -0.39 is 24.4 Å². The molecule has 5 rings (SSSR count). The van der Waals surface area contributed by atoms with Crippen molar-refractivity contribution in [2.75, 3.05) is 6.61 Å². The topological polar surface area (TPSA) is 106 Å². The van der Waals surface area contributed by atoms with Gasteiger partial charge in [-0.05, 0) is 86.0 Å². The number of imide groups is 1. The maximum absolute atomic E-state index is 11.9. The summed E-state index contributed by atoms with van der Waals surface area (Å²) in [5.74, 6) is 0.116. The summed E-state index contributed by atoms with van der Waals surface area (Å²) in [6, 6.07) is 0. The van der Waals surface area contributed by atoms with Crippen molar-refractivity contribution in [2.24, 2.45) is 33.7 Å². The van der Waals surface area contributed by atoms with E-state index in [-0.39, 0.29) is 29.8 Å².